The quantitative estimate of drug-likeness (QED) is 0.902. The molecule has 1 aliphatic heterocycles. The summed E-state index contributed by atoms with van der Waals surface area (Å²) in [5.41, 5.74) is 1.69. The van der Waals surface area contributed by atoms with Crippen LogP contribution in [0.4, 0.5) is 0 Å². The molecule has 1 aliphatic rings. The zero-order valence-electron chi connectivity index (χ0n) is 12.7. The summed E-state index contributed by atoms with van der Waals surface area (Å²) in [5, 5.41) is 13.0. The number of carbonyl (C=O) groups is 1. The molecule has 6 nitrogen and oxygen atoms in total. The second-order valence-electron chi connectivity index (χ2n) is 5.73. The summed E-state index contributed by atoms with van der Waals surface area (Å²) in [5.74, 6) is -0.150. The minimum atomic E-state index is -0.150. The number of piperidine rings is 1. The van der Waals surface area contributed by atoms with Gasteiger partial charge in [-0.05, 0) is 25.3 Å². The van der Waals surface area contributed by atoms with Crippen molar-refractivity contribution < 1.29 is 4.79 Å². The maximum atomic E-state index is 12.0. The predicted molar refractivity (Wildman–Crippen MR) is 83.3 cm³/mol. The van der Waals surface area contributed by atoms with Gasteiger partial charge in [-0.3, -0.25) is 9.69 Å². The summed E-state index contributed by atoms with van der Waals surface area (Å²) in [6.07, 6.45) is 3.36. The third-order valence-electron chi connectivity index (χ3n) is 4.34. The van der Waals surface area contributed by atoms with Crippen molar-refractivity contribution in [3.8, 4) is 0 Å². The summed E-state index contributed by atoms with van der Waals surface area (Å²) in [4.78, 5) is 14.4. The van der Waals surface area contributed by atoms with E-state index in [4.69, 9.17) is 0 Å². The lowest BCUT2D eigenvalue weighted by Gasteiger charge is -2.36. The van der Waals surface area contributed by atoms with Crippen LogP contribution in [0.15, 0.2) is 36.5 Å². The summed E-state index contributed by atoms with van der Waals surface area (Å²) in [6, 6.07) is 11.2. The molecule has 0 aliphatic carbocycles. The van der Waals surface area contributed by atoms with Crippen LogP contribution in [0.5, 0.6) is 0 Å². The third-order valence-corrected chi connectivity index (χ3v) is 4.34. The van der Waals surface area contributed by atoms with Crippen LogP contribution in [-0.4, -0.2) is 45.3 Å². The Morgan fingerprint density at radius 2 is 2.05 bits per heavy atom. The zero-order valence-corrected chi connectivity index (χ0v) is 12.7. The van der Waals surface area contributed by atoms with Gasteiger partial charge < -0.3 is 5.32 Å². The van der Waals surface area contributed by atoms with Crippen LogP contribution >= 0.6 is 0 Å². The molecule has 1 aromatic carbocycles. The number of aromatic amines is 1. The Kier molecular flexibility index (Phi) is 4.48. The first kappa shape index (κ1) is 14.7. The number of hydrogen-bond donors (Lipinski definition) is 2. The van der Waals surface area contributed by atoms with E-state index < -0.39 is 0 Å². The Labute approximate surface area is 129 Å². The Morgan fingerprint density at radius 3 is 2.68 bits per heavy atom. The molecule has 2 N–H and O–H groups in total. The number of carbonyl (C=O) groups excluding carboxylic acids is 1. The van der Waals surface area contributed by atoms with Gasteiger partial charge in [0.25, 0.3) is 5.91 Å². The van der Waals surface area contributed by atoms with Crippen LogP contribution in [0.2, 0.25) is 0 Å². The van der Waals surface area contributed by atoms with E-state index in [9.17, 15) is 4.79 Å². The molecule has 0 saturated carbocycles. The maximum absolute atomic E-state index is 12.0. The molecule has 1 saturated heterocycles. The van der Waals surface area contributed by atoms with Gasteiger partial charge in [-0.1, -0.05) is 30.3 Å². The van der Waals surface area contributed by atoms with Crippen molar-refractivity contribution in [1.82, 2.24) is 25.6 Å². The molecule has 0 bridgehead atoms. The van der Waals surface area contributed by atoms with Gasteiger partial charge in [-0.2, -0.15) is 15.4 Å². The molecule has 116 valence electrons. The summed E-state index contributed by atoms with van der Waals surface area (Å²) >= 11 is 0. The fourth-order valence-electron chi connectivity index (χ4n) is 2.94. The lowest BCUT2D eigenvalue weighted by molar-refractivity contribution is 0.0891. The highest BCUT2D eigenvalue weighted by Crippen LogP contribution is 2.24. The van der Waals surface area contributed by atoms with Crippen molar-refractivity contribution in [3.63, 3.8) is 0 Å². The maximum Gasteiger partial charge on any atom is 0.273 e. The third kappa shape index (κ3) is 3.33. The zero-order chi connectivity index (χ0) is 15.4. The summed E-state index contributed by atoms with van der Waals surface area (Å²) in [6.45, 7) is 4.21. The van der Waals surface area contributed by atoms with E-state index in [1.165, 1.54) is 11.8 Å². The highest BCUT2D eigenvalue weighted by atomic mass is 16.2. The molecule has 1 unspecified atom stereocenters. The average Bonchev–Trinajstić information content (AvgIpc) is 3.10. The monoisotopic (exact) mass is 299 g/mol. The largest absolute Gasteiger partial charge is 0.348 e. The van der Waals surface area contributed by atoms with Gasteiger partial charge in [0.15, 0.2) is 5.69 Å². The number of nitrogens with one attached hydrogen (secondary N) is 2. The highest BCUT2D eigenvalue weighted by molar-refractivity contribution is 5.91. The Hall–Kier alpha value is -2.21. The number of aromatic nitrogens is 3. The van der Waals surface area contributed by atoms with Gasteiger partial charge in [0, 0.05) is 25.2 Å². The van der Waals surface area contributed by atoms with Gasteiger partial charge in [0.1, 0.15) is 0 Å². The van der Waals surface area contributed by atoms with E-state index in [-0.39, 0.29) is 11.9 Å². The minimum Gasteiger partial charge on any atom is -0.348 e. The summed E-state index contributed by atoms with van der Waals surface area (Å²) in [7, 11) is 0. The van der Waals surface area contributed by atoms with E-state index in [0.717, 1.165) is 25.9 Å². The van der Waals surface area contributed by atoms with Crippen LogP contribution in [0.3, 0.4) is 0 Å². The molecular weight excluding hydrogens is 278 g/mol. The molecule has 0 spiro atoms. The van der Waals surface area contributed by atoms with E-state index >= 15 is 0 Å². The Balaban J connectivity index is 1.51. The first-order valence-electron chi connectivity index (χ1n) is 7.69. The molecule has 1 atom stereocenters. The molecule has 1 amide bonds. The smallest absolute Gasteiger partial charge is 0.273 e. The van der Waals surface area contributed by atoms with Crippen LogP contribution in [0.1, 0.15) is 41.9 Å². The number of likely N-dealkylation sites (tertiary alicyclic amines) is 1. The first-order chi connectivity index (χ1) is 10.7. The number of benzene rings is 1. The van der Waals surface area contributed by atoms with Crippen molar-refractivity contribution >= 4 is 5.91 Å². The van der Waals surface area contributed by atoms with Gasteiger partial charge >= 0.3 is 0 Å². The standard InChI is InChI=1S/C16H21N5O/c1-12(13-5-3-2-4-6-13)21-9-7-14(8-10-21)18-16(22)15-11-17-20-19-15/h2-6,11-12,14H,7-10H2,1H3,(H,18,22)(H,17,19,20). The molecule has 22 heavy (non-hydrogen) atoms. The summed E-state index contributed by atoms with van der Waals surface area (Å²) < 4.78 is 0. The van der Waals surface area contributed by atoms with E-state index in [1.807, 2.05) is 6.07 Å². The van der Waals surface area contributed by atoms with Gasteiger partial charge in [0.05, 0.1) is 6.20 Å². The van der Waals surface area contributed by atoms with Crippen LogP contribution in [0, 0.1) is 0 Å². The molecule has 6 heteroatoms. The number of nitrogens with zero attached hydrogens (tertiary/aromatic N) is 3. The Morgan fingerprint density at radius 1 is 1.32 bits per heavy atom. The number of H-pyrrole nitrogens is 1. The molecule has 0 radical (unpaired) electrons. The second kappa shape index (κ2) is 6.70. The highest BCUT2D eigenvalue weighted by Gasteiger charge is 2.25. The van der Waals surface area contributed by atoms with Crippen LogP contribution in [-0.2, 0) is 0 Å². The SMILES string of the molecule is CC(c1ccccc1)N1CCC(NC(=O)c2cn[nH]n2)CC1. The lowest BCUT2D eigenvalue weighted by atomic mass is 10.00. The van der Waals surface area contributed by atoms with E-state index in [0.29, 0.717) is 11.7 Å². The normalized spacial score (nSPS) is 18.0. The molecule has 1 fully saturated rings. The van der Waals surface area contributed by atoms with Gasteiger partial charge in [-0.25, -0.2) is 0 Å². The molecular formula is C16H21N5O. The van der Waals surface area contributed by atoms with Crippen molar-refractivity contribution in [2.24, 2.45) is 0 Å². The first-order valence-corrected chi connectivity index (χ1v) is 7.69. The Bertz CT molecular complexity index is 590. The molecule has 3 rings (SSSR count). The molecule has 2 aromatic rings. The number of amides is 1. The number of rotatable bonds is 4. The topological polar surface area (TPSA) is 73.9 Å². The lowest BCUT2D eigenvalue weighted by Crippen LogP contribution is -2.45. The van der Waals surface area contributed by atoms with Gasteiger partial charge in [0.2, 0.25) is 0 Å². The van der Waals surface area contributed by atoms with Crippen LogP contribution < -0.4 is 5.32 Å². The van der Waals surface area contributed by atoms with E-state index in [1.54, 1.807) is 0 Å². The minimum absolute atomic E-state index is 0.150. The van der Waals surface area contributed by atoms with Gasteiger partial charge in [-0.15, -0.1) is 0 Å². The average molecular weight is 299 g/mol. The fourth-order valence-corrected chi connectivity index (χ4v) is 2.94. The van der Waals surface area contributed by atoms with Crippen molar-refractivity contribution in [2.75, 3.05) is 13.1 Å². The fraction of sp³-hybridized carbons (Fsp3) is 0.438. The van der Waals surface area contributed by atoms with Crippen LogP contribution in [0.25, 0.3) is 0 Å². The molecule has 2 heterocycles. The second-order valence-corrected chi connectivity index (χ2v) is 5.73. The predicted octanol–water partition coefficient (Wildman–Crippen LogP) is 1.76. The van der Waals surface area contributed by atoms with Crippen molar-refractivity contribution in [2.45, 2.75) is 31.8 Å². The van der Waals surface area contributed by atoms with Crippen molar-refractivity contribution in [3.05, 3.63) is 47.8 Å². The van der Waals surface area contributed by atoms with E-state index in [2.05, 4.69) is 56.8 Å². The molecule has 1 aromatic heterocycles. The van der Waals surface area contributed by atoms with Crippen molar-refractivity contribution in [1.29, 1.82) is 0 Å². The number of hydrogen-bond acceptors (Lipinski definition) is 4.